The molecule has 1 unspecified atom stereocenters. The molecule has 0 aromatic carbocycles. The van der Waals surface area contributed by atoms with Gasteiger partial charge in [-0.3, -0.25) is 0 Å². The van der Waals surface area contributed by atoms with Gasteiger partial charge >= 0.3 is 0 Å². The molecule has 1 N–H and O–H groups in total. The highest BCUT2D eigenvalue weighted by Gasteiger charge is 2.25. The summed E-state index contributed by atoms with van der Waals surface area (Å²) in [5.41, 5.74) is 1.87. The van der Waals surface area contributed by atoms with E-state index < -0.39 is 6.10 Å². The SMILES string of the molecule is OC(c1cc(Cl)cn2cncc12)C1CCCCC1. The van der Waals surface area contributed by atoms with Gasteiger partial charge in [0.15, 0.2) is 0 Å². The fraction of sp³-hybridized carbons (Fsp3) is 0.500. The lowest BCUT2D eigenvalue weighted by atomic mass is 9.83. The highest BCUT2D eigenvalue weighted by atomic mass is 35.5. The molecule has 0 bridgehead atoms. The van der Waals surface area contributed by atoms with Gasteiger partial charge in [0.05, 0.1) is 29.2 Å². The Kier molecular flexibility index (Phi) is 3.27. The average Bonchev–Trinajstić information content (AvgIpc) is 2.86. The van der Waals surface area contributed by atoms with Crippen molar-refractivity contribution in [3.8, 4) is 0 Å². The summed E-state index contributed by atoms with van der Waals surface area (Å²) in [5.74, 6) is 0.357. The van der Waals surface area contributed by atoms with Crippen molar-refractivity contribution in [2.24, 2.45) is 5.92 Å². The lowest BCUT2D eigenvalue weighted by Crippen LogP contribution is -2.16. The molecule has 18 heavy (non-hydrogen) atoms. The average molecular weight is 265 g/mol. The molecular weight excluding hydrogens is 248 g/mol. The molecule has 1 fully saturated rings. The van der Waals surface area contributed by atoms with Crippen molar-refractivity contribution in [3.05, 3.63) is 35.4 Å². The van der Waals surface area contributed by atoms with Crippen molar-refractivity contribution < 1.29 is 5.11 Å². The smallest absolute Gasteiger partial charge is 0.0992 e. The van der Waals surface area contributed by atoms with Crippen LogP contribution in [0.15, 0.2) is 24.8 Å². The van der Waals surface area contributed by atoms with E-state index in [1.807, 2.05) is 16.7 Å². The second kappa shape index (κ2) is 4.90. The second-order valence-electron chi connectivity index (χ2n) is 5.14. The molecule has 1 atom stereocenters. The molecule has 0 amide bonds. The Labute approximate surface area is 111 Å². The van der Waals surface area contributed by atoms with Gasteiger partial charge in [-0.15, -0.1) is 0 Å². The summed E-state index contributed by atoms with van der Waals surface area (Å²) >= 11 is 6.10. The maximum absolute atomic E-state index is 10.6. The van der Waals surface area contributed by atoms with Crippen molar-refractivity contribution in [3.63, 3.8) is 0 Å². The van der Waals surface area contributed by atoms with Gasteiger partial charge in [-0.2, -0.15) is 0 Å². The maximum Gasteiger partial charge on any atom is 0.0992 e. The topological polar surface area (TPSA) is 37.5 Å². The highest BCUT2D eigenvalue weighted by Crippen LogP contribution is 2.36. The predicted molar refractivity (Wildman–Crippen MR) is 71.7 cm³/mol. The molecule has 1 aliphatic carbocycles. The van der Waals surface area contributed by atoms with Crippen molar-refractivity contribution in [1.82, 2.24) is 9.38 Å². The zero-order chi connectivity index (χ0) is 12.5. The zero-order valence-electron chi connectivity index (χ0n) is 10.2. The van der Waals surface area contributed by atoms with Gasteiger partial charge in [0.1, 0.15) is 0 Å². The summed E-state index contributed by atoms with van der Waals surface area (Å²) in [6, 6.07) is 1.87. The molecule has 2 aromatic heterocycles. The lowest BCUT2D eigenvalue weighted by Gasteiger charge is -2.27. The van der Waals surface area contributed by atoms with E-state index in [0.29, 0.717) is 10.9 Å². The van der Waals surface area contributed by atoms with Gasteiger partial charge in [0.25, 0.3) is 0 Å². The molecule has 2 heterocycles. The summed E-state index contributed by atoms with van der Waals surface area (Å²) in [5, 5.41) is 11.2. The summed E-state index contributed by atoms with van der Waals surface area (Å²) in [4.78, 5) is 4.12. The van der Waals surface area contributed by atoms with Crippen LogP contribution in [0, 0.1) is 5.92 Å². The number of halogens is 1. The van der Waals surface area contributed by atoms with Crippen LogP contribution in [0.25, 0.3) is 5.52 Å². The number of rotatable bonds is 2. The summed E-state index contributed by atoms with van der Waals surface area (Å²) in [6.07, 6.45) is 10.8. The maximum atomic E-state index is 10.6. The molecule has 0 radical (unpaired) electrons. The van der Waals surface area contributed by atoms with Gasteiger partial charge in [-0.1, -0.05) is 30.9 Å². The van der Waals surface area contributed by atoms with E-state index in [1.165, 1.54) is 19.3 Å². The normalized spacial score (nSPS) is 19.2. The van der Waals surface area contributed by atoms with Crippen molar-refractivity contribution >= 4 is 17.1 Å². The number of aliphatic hydroxyl groups excluding tert-OH is 1. The third-order valence-corrected chi connectivity index (χ3v) is 4.14. The van der Waals surface area contributed by atoms with Gasteiger partial charge in [-0.05, 0) is 24.8 Å². The summed E-state index contributed by atoms with van der Waals surface area (Å²) in [7, 11) is 0. The number of fused-ring (bicyclic) bond motifs is 1. The number of hydrogen-bond acceptors (Lipinski definition) is 2. The molecular formula is C14H17ClN2O. The first-order valence-corrected chi connectivity index (χ1v) is 6.92. The monoisotopic (exact) mass is 264 g/mol. The van der Waals surface area contributed by atoms with Crippen LogP contribution in [0.5, 0.6) is 0 Å². The Bertz CT molecular complexity index is 546. The van der Waals surface area contributed by atoms with E-state index in [1.54, 1.807) is 12.5 Å². The van der Waals surface area contributed by atoms with E-state index >= 15 is 0 Å². The van der Waals surface area contributed by atoms with Gasteiger partial charge in [0.2, 0.25) is 0 Å². The van der Waals surface area contributed by atoms with Gasteiger partial charge in [-0.25, -0.2) is 4.98 Å². The zero-order valence-corrected chi connectivity index (χ0v) is 11.0. The first-order valence-electron chi connectivity index (χ1n) is 6.55. The van der Waals surface area contributed by atoms with E-state index in [-0.39, 0.29) is 0 Å². The van der Waals surface area contributed by atoms with Crippen LogP contribution >= 0.6 is 11.6 Å². The molecule has 0 spiro atoms. The number of imidazole rings is 1. The standard InChI is InChI=1S/C14H17ClN2O/c15-11-6-12(13-7-16-9-17(13)8-11)14(18)10-4-2-1-3-5-10/h6-10,14,18H,1-5H2. The quantitative estimate of drug-likeness (QED) is 0.900. The van der Waals surface area contributed by atoms with Crippen LogP contribution in [0.1, 0.15) is 43.8 Å². The van der Waals surface area contributed by atoms with Crippen molar-refractivity contribution in [1.29, 1.82) is 0 Å². The lowest BCUT2D eigenvalue weighted by molar-refractivity contribution is 0.0858. The second-order valence-corrected chi connectivity index (χ2v) is 5.58. The van der Waals surface area contributed by atoms with Crippen LogP contribution in [0.2, 0.25) is 5.02 Å². The van der Waals surface area contributed by atoms with Crippen molar-refractivity contribution in [2.75, 3.05) is 0 Å². The minimum Gasteiger partial charge on any atom is -0.388 e. The highest BCUT2D eigenvalue weighted by molar-refractivity contribution is 6.30. The number of nitrogens with zero attached hydrogens (tertiary/aromatic N) is 2. The van der Waals surface area contributed by atoms with E-state index in [9.17, 15) is 5.11 Å². The van der Waals surface area contributed by atoms with Crippen LogP contribution in [0.4, 0.5) is 0 Å². The minimum atomic E-state index is -0.428. The van der Waals surface area contributed by atoms with Crippen LogP contribution in [0.3, 0.4) is 0 Å². The number of aliphatic hydroxyl groups is 1. The number of hydrogen-bond donors (Lipinski definition) is 1. The Hall–Kier alpha value is -1.06. The van der Waals surface area contributed by atoms with E-state index in [4.69, 9.17) is 11.6 Å². The molecule has 0 saturated heterocycles. The number of aromatic nitrogens is 2. The van der Waals surface area contributed by atoms with Crippen LogP contribution in [-0.2, 0) is 0 Å². The Morgan fingerprint density at radius 3 is 2.89 bits per heavy atom. The molecule has 96 valence electrons. The summed E-state index contributed by atoms with van der Waals surface area (Å²) < 4.78 is 1.88. The molecule has 3 nitrogen and oxygen atoms in total. The van der Waals surface area contributed by atoms with Crippen molar-refractivity contribution in [2.45, 2.75) is 38.2 Å². The summed E-state index contributed by atoms with van der Waals surface area (Å²) in [6.45, 7) is 0. The van der Waals surface area contributed by atoms with E-state index in [2.05, 4.69) is 4.98 Å². The van der Waals surface area contributed by atoms with Crippen LogP contribution in [-0.4, -0.2) is 14.5 Å². The fourth-order valence-corrected chi connectivity index (χ4v) is 3.19. The third kappa shape index (κ3) is 2.13. The molecule has 1 saturated carbocycles. The third-order valence-electron chi connectivity index (χ3n) is 3.93. The molecule has 0 aliphatic heterocycles. The van der Waals surface area contributed by atoms with Gasteiger partial charge < -0.3 is 9.51 Å². The van der Waals surface area contributed by atoms with Crippen LogP contribution < -0.4 is 0 Å². The minimum absolute atomic E-state index is 0.357. The molecule has 2 aromatic rings. The predicted octanol–water partition coefficient (Wildman–Crippen LogP) is 3.60. The Morgan fingerprint density at radius 2 is 2.11 bits per heavy atom. The Morgan fingerprint density at radius 1 is 1.33 bits per heavy atom. The van der Waals surface area contributed by atoms with E-state index in [0.717, 1.165) is 23.9 Å². The number of pyridine rings is 1. The Balaban J connectivity index is 1.99. The molecule has 4 heteroatoms. The molecule has 3 rings (SSSR count). The first kappa shape index (κ1) is 12.0. The largest absolute Gasteiger partial charge is 0.388 e. The fourth-order valence-electron chi connectivity index (χ4n) is 2.96. The van der Waals surface area contributed by atoms with Gasteiger partial charge in [0, 0.05) is 11.8 Å². The first-order chi connectivity index (χ1) is 8.75. The molecule has 1 aliphatic rings.